The van der Waals surface area contributed by atoms with E-state index in [2.05, 4.69) is 11.9 Å². The minimum atomic E-state index is -0.273. The Labute approximate surface area is 79.7 Å². The highest BCUT2D eigenvalue weighted by atomic mass is 16.5. The molecule has 0 aromatic rings. The number of ether oxygens (including phenoxy) is 1. The molecule has 2 atom stereocenters. The van der Waals surface area contributed by atoms with Gasteiger partial charge in [-0.2, -0.15) is 0 Å². The molecule has 0 aromatic heterocycles. The molecule has 1 aliphatic carbocycles. The molecule has 2 unspecified atom stereocenters. The second-order valence-electron chi connectivity index (χ2n) is 4.28. The predicted octanol–water partition coefficient (Wildman–Crippen LogP) is 0.620. The fourth-order valence-electron chi connectivity index (χ4n) is 2.50. The molecule has 0 bridgehead atoms. The molecule has 3 nitrogen and oxygen atoms in total. The number of hydrogen-bond donors (Lipinski definition) is 1. The molecule has 1 saturated carbocycles. The van der Waals surface area contributed by atoms with Gasteiger partial charge in [0.05, 0.1) is 25.4 Å². The van der Waals surface area contributed by atoms with E-state index in [-0.39, 0.29) is 12.1 Å². The molecule has 1 heterocycles. The standard InChI is InChI=1S/C10H19NO2/c1-11(8-4-2-3-5-8)9-6-13-7-10(9)12/h8-10,12H,2-7H2,1H3. The van der Waals surface area contributed by atoms with Crippen molar-refractivity contribution in [1.29, 1.82) is 0 Å². The van der Waals surface area contributed by atoms with E-state index in [4.69, 9.17) is 4.74 Å². The number of rotatable bonds is 2. The summed E-state index contributed by atoms with van der Waals surface area (Å²) in [5, 5.41) is 9.65. The smallest absolute Gasteiger partial charge is 0.0950 e. The predicted molar refractivity (Wildman–Crippen MR) is 50.6 cm³/mol. The van der Waals surface area contributed by atoms with Gasteiger partial charge in [-0.1, -0.05) is 12.8 Å². The average Bonchev–Trinajstić information content (AvgIpc) is 2.72. The third kappa shape index (κ3) is 1.87. The van der Waals surface area contributed by atoms with Crippen molar-refractivity contribution in [3.05, 3.63) is 0 Å². The monoisotopic (exact) mass is 185 g/mol. The zero-order chi connectivity index (χ0) is 9.26. The summed E-state index contributed by atoms with van der Waals surface area (Å²) in [6.45, 7) is 1.22. The van der Waals surface area contributed by atoms with Gasteiger partial charge in [-0.25, -0.2) is 0 Å². The van der Waals surface area contributed by atoms with Gasteiger partial charge in [0.1, 0.15) is 0 Å². The topological polar surface area (TPSA) is 32.7 Å². The van der Waals surface area contributed by atoms with E-state index in [1.54, 1.807) is 0 Å². The van der Waals surface area contributed by atoms with E-state index in [1.807, 2.05) is 0 Å². The molecule has 0 aromatic carbocycles. The average molecular weight is 185 g/mol. The highest BCUT2D eigenvalue weighted by Gasteiger charge is 2.33. The second-order valence-corrected chi connectivity index (χ2v) is 4.28. The van der Waals surface area contributed by atoms with E-state index in [0.29, 0.717) is 19.3 Å². The van der Waals surface area contributed by atoms with E-state index in [9.17, 15) is 5.11 Å². The van der Waals surface area contributed by atoms with Crippen molar-refractivity contribution in [2.45, 2.75) is 43.9 Å². The molecule has 1 N–H and O–H groups in total. The maximum absolute atomic E-state index is 9.65. The van der Waals surface area contributed by atoms with E-state index in [0.717, 1.165) is 0 Å². The summed E-state index contributed by atoms with van der Waals surface area (Å²) in [7, 11) is 2.12. The van der Waals surface area contributed by atoms with Gasteiger partial charge >= 0.3 is 0 Å². The first kappa shape index (κ1) is 9.44. The third-order valence-corrected chi connectivity index (χ3v) is 3.45. The number of aliphatic hydroxyl groups is 1. The minimum absolute atomic E-state index is 0.239. The molecular weight excluding hydrogens is 166 g/mol. The Balaban J connectivity index is 1.91. The van der Waals surface area contributed by atoms with E-state index in [1.165, 1.54) is 25.7 Å². The van der Waals surface area contributed by atoms with Crippen LogP contribution in [0.25, 0.3) is 0 Å². The van der Waals surface area contributed by atoms with Crippen LogP contribution in [0.4, 0.5) is 0 Å². The fraction of sp³-hybridized carbons (Fsp3) is 1.00. The summed E-state index contributed by atoms with van der Waals surface area (Å²) in [4.78, 5) is 2.32. The number of likely N-dealkylation sites (N-methyl/N-ethyl adjacent to an activating group) is 1. The normalized spacial score (nSPS) is 36.2. The summed E-state index contributed by atoms with van der Waals surface area (Å²) in [5.74, 6) is 0. The molecule has 0 amide bonds. The van der Waals surface area contributed by atoms with Crippen molar-refractivity contribution >= 4 is 0 Å². The zero-order valence-corrected chi connectivity index (χ0v) is 8.28. The van der Waals surface area contributed by atoms with Crippen molar-refractivity contribution in [1.82, 2.24) is 4.90 Å². The van der Waals surface area contributed by atoms with Crippen molar-refractivity contribution < 1.29 is 9.84 Å². The fourth-order valence-corrected chi connectivity index (χ4v) is 2.50. The third-order valence-electron chi connectivity index (χ3n) is 3.45. The highest BCUT2D eigenvalue weighted by Crippen LogP contribution is 2.26. The number of aliphatic hydroxyl groups excluding tert-OH is 1. The lowest BCUT2D eigenvalue weighted by atomic mass is 10.1. The Bertz CT molecular complexity index is 168. The lowest BCUT2D eigenvalue weighted by molar-refractivity contribution is 0.0742. The Hall–Kier alpha value is -0.120. The van der Waals surface area contributed by atoms with Crippen LogP contribution in [0.5, 0.6) is 0 Å². The van der Waals surface area contributed by atoms with Gasteiger partial charge in [-0.3, -0.25) is 4.90 Å². The molecule has 0 spiro atoms. The van der Waals surface area contributed by atoms with Gasteiger partial charge in [0.2, 0.25) is 0 Å². The van der Waals surface area contributed by atoms with Crippen LogP contribution in [-0.2, 0) is 4.74 Å². The molecule has 1 aliphatic heterocycles. The molecule has 0 radical (unpaired) electrons. The number of nitrogens with zero attached hydrogens (tertiary/aromatic N) is 1. The summed E-state index contributed by atoms with van der Waals surface area (Å²) in [6, 6.07) is 0.921. The summed E-state index contributed by atoms with van der Waals surface area (Å²) in [5.41, 5.74) is 0. The Morgan fingerprint density at radius 3 is 2.46 bits per heavy atom. The van der Waals surface area contributed by atoms with Gasteiger partial charge in [0.15, 0.2) is 0 Å². The molecule has 2 rings (SSSR count). The maximum Gasteiger partial charge on any atom is 0.0950 e. The quantitative estimate of drug-likeness (QED) is 0.684. The zero-order valence-electron chi connectivity index (χ0n) is 8.28. The number of hydrogen-bond acceptors (Lipinski definition) is 3. The Morgan fingerprint density at radius 1 is 1.23 bits per heavy atom. The molecule has 3 heteroatoms. The molecular formula is C10H19NO2. The first-order valence-electron chi connectivity index (χ1n) is 5.27. The van der Waals surface area contributed by atoms with Crippen LogP contribution in [0.15, 0.2) is 0 Å². The van der Waals surface area contributed by atoms with Gasteiger partial charge in [-0.15, -0.1) is 0 Å². The highest BCUT2D eigenvalue weighted by molar-refractivity contribution is 4.87. The largest absolute Gasteiger partial charge is 0.389 e. The summed E-state index contributed by atoms with van der Waals surface area (Å²) >= 11 is 0. The molecule has 2 aliphatic rings. The summed E-state index contributed by atoms with van der Waals surface area (Å²) < 4.78 is 5.26. The van der Waals surface area contributed by atoms with Gasteiger partial charge in [0, 0.05) is 6.04 Å². The van der Waals surface area contributed by atoms with Crippen LogP contribution in [0.2, 0.25) is 0 Å². The lowest BCUT2D eigenvalue weighted by Gasteiger charge is -2.31. The van der Waals surface area contributed by atoms with Crippen LogP contribution in [0, 0.1) is 0 Å². The molecule has 13 heavy (non-hydrogen) atoms. The molecule has 2 fully saturated rings. The van der Waals surface area contributed by atoms with Crippen molar-refractivity contribution in [2.75, 3.05) is 20.3 Å². The first-order valence-corrected chi connectivity index (χ1v) is 5.27. The Morgan fingerprint density at radius 2 is 1.92 bits per heavy atom. The van der Waals surface area contributed by atoms with Crippen molar-refractivity contribution in [2.24, 2.45) is 0 Å². The first-order chi connectivity index (χ1) is 6.29. The minimum Gasteiger partial charge on any atom is -0.389 e. The van der Waals surface area contributed by atoms with Crippen LogP contribution in [0.1, 0.15) is 25.7 Å². The Kier molecular flexibility index (Phi) is 2.86. The van der Waals surface area contributed by atoms with Crippen molar-refractivity contribution in [3.63, 3.8) is 0 Å². The molecule has 1 saturated heterocycles. The lowest BCUT2D eigenvalue weighted by Crippen LogP contribution is -2.45. The molecule has 76 valence electrons. The summed E-state index contributed by atoms with van der Waals surface area (Å²) in [6.07, 6.45) is 5.00. The van der Waals surface area contributed by atoms with Gasteiger partial charge in [0.25, 0.3) is 0 Å². The SMILES string of the molecule is CN(C1CCCC1)C1COCC1O. The van der Waals surface area contributed by atoms with Crippen molar-refractivity contribution in [3.8, 4) is 0 Å². The van der Waals surface area contributed by atoms with Crippen LogP contribution in [0.3, 0.4) is 0 Å². The maximum atomic E-state index is 9.65. The van der Waals surface area contributed by atoms with Gasteiger partial charge in [-0.05, 0) is 19.9 Å². The van der Waals surface area contributed by atoms with Crippen LogP contribution < -0.4 is 0 Å². The van der Waals surface area contributed by atoms with Crippen LogP contribution >= 0.6 is 0 Å². The second kappa shape index (κ2) is 3.95. The van der Waals surface area contributed by atoms with Crippen LogP contribution in [-0.4, -0.2) is 48.5 Å². The van der Waals surface area contributed by atoms with Gasteiger partial charge < -0.3 is 9.84 Å². The van der Waals surface area contributed by atoms with E-state index >= 15 is 0 Å². The van der Waals surface area contributed by atoms with E-state index < -0.39 is 0 Å².